The van der Waals surface area contributed by atoms with Gasteiger partial charge in [0.25, 0.3) is 0 Å². The quantitative estimate of drug-likeness (QED) is 0.848. The molecule has 2 rings (SSSR count). The van der Waals surface area contributed by atoms with Crippen LogP contribution in [0.3, 0.4) is 0 Å². The molecular weight excluding hydrogens is 202 g/mol. The number of hydrogen-bond acceptors (Lipinski definition) is 3. The van der Waals surface area contributed by atoms with E-state index in [1.165, 1.54) is 12.8 Å². The molecule has 3 heteroatoms. The molecule has 0 spiro atoms. The summed E-state index contributed by atoms with van der Waals surface area (Å²) in [5.74, 6) is 1.55. The summed E-state index contributed by atoms with van der Waals surface area (Å²) in [6.07, 6.45) is 4.54. The number of benzene rings is 1. The molecule has 88 valence electrons. The first-order valence-electron chi connectivity index (χ1n) is 5.78. The monoisotopic (exact) mass is 221 g/mol. The van der Waals surface area contributed by atoms with Crippen LogP contribution < -0.4 is 15.2 Å². The van der Waals surface area contributed by atoms with Crippen LogP contribution in [-0.4, -0.2) is 19.3 Å². The molecule has 1 aromatic rings. The van der Waals surface area contributed by atoms with E-state index in [0.717, 1.165) is 24.3 Å². The Morgan fingerprint density at radius 3 is 2.44 bits per heavy atom. The van der Waals surface area contributed by atoms with Crippen molar-refractivity contribution in [2.24, 2.45) is 5.73 Å². The molecule has 0 unspecified atom stereocenters. The van der Waals surface area contributed by atoms with Crippen molar-refractivity contribution in [1.29, 1.82) is 0 Å². The molecule has 0 heterocycles. The summed E-state index contributed by atoms with van der Waals surface area (Å²) in [4.78, 5) is 0. The van der Waals surface area contributed by atoms with Crippen LogP contribution in [0.2, 0.25) is 0 Å². The van der Waals surface area contributed by atoms with Gasteiger partial charge < -0.3 is 15.2 Å². The van der Waals surface area contributed by atoms with Crippen molar-refractivity contribution in [3.8, 4) is 11.5 Å². The molecule has 0 saturated heterocycles. The lowest BCUT2D eigenvalue weighted by Gasteiger charge is -2.24. The van der Waals surface area contributed by atoms with Gasteiger partial charge in [-0.1, -0.05) is 25.0 Å². The van der Waals surface area contributed by atoms with Crippen LogP contribution in [0.5, 0.6) is 11.5 Å². The summed E-state index contributed by atoms with van der Waals surface area (Å²) in [5.41, 5.74) is 6.09. The summed E-state index contributed by atoms with van der Waals surface area (Å²) in [6.45, 7) is 0.577. The van der Waals surface area contributed by atoms with E-state index in [1.807, 2.05) is 24.3 Å². The van der Waals surface area contributed by atoms with Crippen molar-refractivity contribution in [2.45, 2.75) is 31.2 Å². The number of ether oxygens (including phenoxy) is 2. The molecule has 0 radical (unpaired) electrons. The Morgan fingerprint density at radius 2 is 1.81 bits per heavy atom. The summed E-state index contributed by atoms with van der Waals surface area (Å²) in [7, 11) is 1.65. The maximum absolute atomic E-state index is 6.23. The minimum Gasteiger partial charge on any atom is -0.493 e. The molecule has 1 fully saturated rings. The molecule has 16 heavy (non-hydrogen) atoms. The standard InChI is InChI=1S/C13H19NO2/c1-15-11-6-2-3-7-12(11)16-10-13(14)8-4-5-9-13/h2-3,6-7H,4-5,8-10,14H2,1H3. The van der Waals surface area contributed by atoms with Gasteiger partial charge in [0.15, 0.2) is 11.5 Å². The predicted octanol–water partition coefficient (Wildman–Crippen LogP) is 2.35. The molecule has 0 bridgehead atoms. The highest BCUT2D eigenvalue weighted by atomic mass is 16.5. The van der Waals surface area contributed by atoms with Crippen molar-refractivity contribution in [3.05, 3.63) is 24.3 Å². The lowest BCUT2D eigenvalue weighted by atomic mass is 10.0. The van der Waals surface area contributed by atoms with E-state index in [1.54, 1.807) is 7.11 Å². The Labute approximate surface area is 96.5 Å². The van der Waals surface area contributed by atoms with E-state index >= 15 is 0 Å². The second-order valence-electron chi connectivity index (χ2n) is 4.51. The SMILES string of the molecule is COc1ccccc1OCC1(N)CCCC1. The van der Waals surface area contributed by atoms with E-state index in [9.17, 15) is 0 Å². The highest BCUT2D eigenvalue weighted by molar-refractivity contribution is 5.39. The zero-order valence-electron chi connectivity index (χ0n) is 9.74. The molecule has 0 atom stereocenters. The van der Waals surface area contributed by atoms with Crippen LogP contribution >= 0.6 is 0 Å². The average molecular weight is 221 g/mol. The van der Waals surface area contributed by atoms with Crippen LogP contribution in [0.1, 0.15) is 25.7 Å². The topological polar surface area (TPSA) is 44.5 Å². The largest absolute Gasteiger partial charge is 0.493 e. The summed E-state index contributed by atoms with van der Waals surface area (Å²) >= 11 is 0. The van der Waals surface area contributed by atoms with E-state index in [2.05, 4.69) is 0 Å². The number of nitrogens with two attached hydrogens (primary N) is 1. The van der Waals surface area contributed by atoms with Gasteiger partial charge in [-0.2, -0.15) is 0 Å². The Morgan fingerprint density at radius 1 is 1.19 bits per heavy atom. The van der Waals surface area contributed by atoms with Gasteiger partial charge in [-0.3, -0.25) is 0 Å². The molecule has 3 nitrogen and oxygen atoms in total. The Kier molecular flexibility index (Phi) is 3.34. The van der Waals surface area contributed by atoms with E-state index in [0.29, 0.717) is 6.61 Å². The third-order valence-electron chi connectivity index (χ3n) is 3.18. The first kappa shape index (κ1) is 11.3. The maximum Gasteiger partial charge on any atom is 0.161 e. The Bertz CT molecular complexity index is 346. The normalized spacial score (nSPS) is 18.4. The predicted molar refractivity (Wildman–Crippen MR) is 63.9 cm³/mol. The molecular formula is C13H19NO2. The minimum absolute atomic E-state index is 0.138. The average Bonchev–Trinajstić information content (AvgIpc) is 2.74. The van der Waals surface area contributed by atoms with Gasteiger partial charge in [-0.05, 0) is 25.0 Å². The van der Waals surface area contributed by atoms with E-state index in [4.69, 9.17) is 15.2 Å². The molecule has 0 aromatic heterocycles. The number of para-hydroxylation sites is 2. The smallest absolute Gasteiger partial charge is 0.161 e. The third-order valence-corrected chi connectivity index (χ3v) is 3.18. The molecule has 1 aromatic carbocycles. The molecule has 0 aliphatic heterocycles. The first-order chi connectivity index (χ1) is 7.73. The van der Waals surface area contributed by atoms with Crippen LogP contribution in [-0.2, 0) is 0 Å². The van der Waals surface area contributed by atoms with Gasteiger partial charge in [0, 0.05) is 0 Å². The maximum atomic E-state index is 6.23. The number of methoxy groups -OCH3 is 1. The van der Waals surface area contributed by atoms with Gasteiger partial charge in [0.1, 0.15) is 6.61 Å². The van der Waals surface area contributed by atoms with Gasteiger partial charge >= 0.3 is 0 Å². The molecule has 1 aliphatic carbocycles. The summed E-state index contributed by atoms with van der Waals surface area (Å²) in [5, 5.41) is 0. The van der Waals surface area contributed by atoms with Crippen molar-refractivity contribution >= 4 is 0 Å². The lowest BCUT2D eigenvalue weighted by Crippen LogP contribution is -2.42. The van der Waals surface area contributed by atoms with Gasteiger partial charge in [-0.15, -0.1) is 0 Å². The highest BCUT2D eigenvalue weighted by Gasteiger charge is 2.30. The van der Waals surface area contributed by atoms with Gasteiger partial charge in [-0.25, -0.2) is 0 Å². The molecule has 0 amide bonds. The summed E-state index contributed by atoms with van der Waals surface area (Å²) in [6, 6.07) is 7.68. The van der Waals surface area contributed by atoms with Crippen LogP contribution in [0.25, 0.3) is 0 Å². The number of rotatable bonds is 4. The van der Waals surface area contributed by atoms with E-state index < -0.39 is 0 Å². The van der Waals surface area contributed by atoms with Crippen LogP contribution in [0.15, 0.2) is 24.3 Å². The first-order valence-corrected chi connectivity index (χ1v) is 5.78. The second-order valence-corrected chi connectivity index (χ2v) is 4.51. The van der Waals surface area contributed by atoms with Crippen LogP contribution in [0.4, 0.5) is 0 Å². The van der Waals surface area contributed by atoms with Crippen molar-refractivity contribution in [3.63, 3.8) is 0 Å². The van der Waals surface area contributed by atoms with Gasteiger partial charge in [0.05, 0.1) is 12.6 Å². The minimum atomic E-state index is -0.138. The van der Waals surface area contributed by atoms with Crippen molar-refractivity contribution in [2.75, 3.05) is 13.7 Å². The van der Waals surface area contributed by atoms with Crippen LogP contribution in [0, 0.1) is 0 Å². The summed E-state index contributed by atoms with van der Waals surface area (Å²) < 4.78 is 11.0. The molecule has 2 N–H and O–H groups in total. The Balaban J connectivity index is 1.98. The fourth-order valence-corrected chi connectivity index (χ4v) is 2.18. The fourth-order valence-electron chi connectivity index (χ4n) is 2.18. The second kappa shape index (κ2) is 4.74. The lowest BCUT2D eigenvalue weighted by molar-refractivity contribution is 0.212. The molecule has 1 saturated carbocycles. The third kappa shape index (κ3) is 2.47. The molecule has 1 aliphatic rings. The zero-order valence-corrected chi connectivity index (χ0v) is 9.74. The van der Waals surface area contributed by atoms with E-state index in [-0.39, 0.29) is 5.54 Å². The number of hydrogen-bond donors (Lipinski definition) is 1. The van der Waals surface area contributed by atoms with Gasteiger partial charge in [0.2, 0.25) is 0 Å². The highest BCUT2D eigenvalue weighted by Crippen LogP contribution is 2.30. The fraction of sp³-hybridized carbons (Fsp3) is 0.538. The zero-order chi connectivity index (χ0) is 11.4. The Hall–Kier alpha value is -1.22. The van der Waals surface area contributed by atoms with Crippen molar-refractivity contribution in [1.82, 2.24) is 0 Å². The van der Waals surface area contributed by atoms with Crippen molar-refractivity contribution < 1.29 is 9.47 Å².